The highest BCUT2D eigenvalue weighted by Gasteiger charge is 2.36. The molecule has 1 fully saturated rings. The first-order valence-corrected chi connectivity index (χ1v) is 8.46. The Morgan fingerprint density at radius 3 is 1.75 bits per heavy atom. The highest BCUT2D eigenvalue weighted by atomic mass is 35.7. The molecule has 1 aromatic rings. The Balaban J connectivity index is 2.40. The lowest BCUT2D eigenvalue weighted by molar-refractivity contribution is 0.594. The van der Waals surface area contributed by atoms with E-state index in [4.69, 9.17) is 10.7 Å². The molecule has 2 rings (SSSR count). The van der Waals surface area contributed by atoms with Crippen molar-refractivity contribution in [3.05, 3.63) is 24.3 Å². The number of sulfone groups is 1. The molecule has 1 aromatic carbocycles. The Kier molecular flexibility index (Phi) is 2.76. The summed E-state index contributed by atoms with van der Waals surface area (Å²) in [5.41, 5.74) is 0. The van der Waals surface area contributed by atoms with Gasteiger partial charge in [-0.15, -0.1) is 0 Å². The lowest BCUT2D eigenvalue weighted by Gasteiger charge is -2.02. The van der Waals surface area contributed by atoms with Crippen molar-refractivity contribution in [2.45, 2.75) is 27.9 Å². The van der Waals surface area contributed by atoms with E-state index in [1.165, 1.54) is 24.3 Å². The van der Waals surface area contributed by atoms with Gasteiger partial charge in [0.1, 0.15) is 0 Å². The smallest absolute Gasteiger partial charge is 0.223 e. The molecule has 1 aliphatic carbocycles. The van der Waals surface area contributed by atoms with Crippen LogP contribution in [0, 0.1) is 0 Å². The van der Waals surface area contributed by atoms with Crippen molar-refractivity contribution in [2.75, 3.05) is 0 Å². The predicted octanol–water partition coefficient (Wildman–Crippen LogP) is 1.55. The maximum atomic E-state index is 11.8. The van der Waals surface area contributed by atoms with Crippen molar-refractivity contribution >= 4 is 29.6 Å². The Labute approximate surface area is 98.6 Å². The molecule has 0 bridgehead atoms. The van der Waals surface area contributed by atoms with Crippen LogP contribution in [0.2, 0.25) is 0 Å². The molecule has 0 aliphatic heterocycles. The summed E-state index contributed by atoms with van der Waals surface area (Å²) in [6, 6.07) is 4.97. The lowest BCUT2D eigenvalue weighted by atomic mass is 10.4. The maximum Gasteiger partial charge on any atom is 0.261 e. The molecule has 16 heavy (non-hydrogen) atoms. The van der Waals surface area contributed by atoms with Gasteiger partial charge in [-0.25, -0.2) is 16.8 Å². The van der Waals surface area contributed by atoms with Gasteiger partial charge in [0.25, 0.3) is 9.05 Å². The zero-order valence-electron chi connectivity index (χ0n) is 8.13. The van der Waals surface area contributed by atoms with E-state index < -0.39 is 18.9 Å². The summed E-state index contributed by atoms with van der Waals surface area (Å²) >= 11 is 0. The third-order valence-electron chi connectivity index (χ3n) is 2.40. The fraction of sp³-hybridized carbons (Fsp3) is 0.333. The quantitative estimate of drug-likeness (QED) is 0.788. The topological polar surface area (TPSA) is 68.3 Å². The summed E-state index contributed by atoms with van der Waals surface area (Å²) in [5.74, 6) is 0. The average Bonchev–Trinajstić information content (AvgIpc) is 3.00. The summed E-state index contributed by atoms with van der Waals surface area (Å²) in [6.07, 6.45) is 1.36. The second-order valence-electron chi connectivity index (χ2n) is 3.65. The van der Waals surface area contributed by atoms with Crippen LogP contribution in [0.25, 0.3) is 0 Å². The van der Waals surface area contributed by atoms with Crippen LogP contribution in [0.4, 0.5) is 0 Å². The molecule has 0 spiro atoms. The second-order valence-corrected chi connectivity index (χ2v) is 8.45. The Hall–Kier alpha value is -0.590. The lowest BCUT2D eigenvalue weighted by Crippen LogP contribution is -2.07. The van der Waals surface area contributed by atoms with Gasteiger partial charge in [-0.1, -0.05) is 0 Å². The molecule has 1 saturated carbocycles. The SMILES string of the molecule is O=S(=O)(Cl)c1ccc(S(=O)(=O)C2CC2)cc1. The van der Waals surface area contributed by atoms with E-state index in [0.717, 1.165) is 0 Å². The van der Waals surface area contributed by atoms with E-state index in [2.05, 4.69) is 0 Å². The van der Waals surface area contributed by atoms with Crippen LogP contribution in [0.15, 0.2) is 34.1 Å². The van der Waals surface area contributed by atoms with Gasteiger partial charge in [-0.3, -0.25) is 0 Å². The van der Waals surface area contributed by atoms with Crippen molar-refractivity contribution < 1.29 is 16.8 Å². The Morgan fingerprint density at radius 1 is 0.938 bits per heavy atom. The minimum atomic E-state index is -3.79. The van der Waals surface area contributed by atoms with Crippen molar-refractivity contribution in [2.24, 2.45) is 0 Å². The zero-order valence-corrected chi connectivity index (χ0v) is 10.5. The third kappa shape index (κ3) is 2.23. The summed E-state index contributed by atoms with van der Waals surface area (Å²) in [7, 11) is -1.94. The molecule has 4 nitrogen and oxygen atoms in total. The largest absolute Gasteiger partial charge is 0.261 e. The van der Waals surface area contributed by atoms with Crippen molar-refractivity contribution in [3.8, 4) is 0 Å². The van der Waals surface area contributed by atoms with Crippen molar-refractivity contribution in [1.82, 2.24) is 0 Å². The monoisotopic (exact) mass is 280 g/mol. The summed E-state index contributed by atoms with van der Waals surface area (Å²) in [6.45, 7) is 0. The van der Waals surface area contributed by atoms with Crippen LogP contribution < -0.4 is 0 Å². The minimum absolute atomic E-state index is 0.0936. The molecule has 0 radical (unpaired) electrons. The normalized spacial score (nSPS) is 17.3. The molecule has 0 amide bonds. The highest BCUT2D eigenvalue weighted by Crippen LogP contribution is 2.33. The summed E-state index contributed by atoms with van der Waals surface area (Å²) in [4.78, 5) is 0.0583. The standard InChI is InChI=1S/C9H9ClO4S2/c10-16(13,14)9-5-3-8(4-6-9)15(11,12)7-1-2-7/h3-7H,1-2H2. The third-order valence-corrected chi connectivity index (χ3v) is 6.05. The maximum absolute atomic E-state index is 11.8. The van der Waals surface area contributed by atoms with Gasteiger partial charge >= 0.3 is 0 Å². The first-order chi connectivity index (χ1) is 7.32. The molecule has 0 N–H and O–H groups in total. The first kappa shape index (κ1) is 11.9. The fourth-order valence-electron chi connectivity index (χ4n) is 1.36. The van der Waals surface area contributed by atoms with Crippen molar-refractivity contribution in [3.63, 3.8) is 0 Å². The van der Waals surface area contributed by atoms with Gasteiger partial charge in [0.15, 0.2) is 9.84 Å². The molecule has 0 heterocycles. The first-order valence-electron chi connectivity index (χ1n) is 4.60. The minimum Gasteiger partial charge on any atom is -0.223 e. The Bertz CT molecular complexity index is 597. The number of benzene rings is 1. The zero-order chi connectivity index (χ0) is 12.0. The summed E-state index contributed by atoms with van der Waals surface area (Å²) in [5, 5.41) is -0.300. The van der Waals surface area contributed by atoms with Gasteiger partial charge in [-0.05, 0) is 37.1 Å². The van der Waals surface area contributed by atoms with E-state index in [9.17, 15) is 16.8 Å². The summed E-state index contributed by atoms with van der Waals surface area (Å²) < 4.78 is 45.5. The fourth-order valence-corrected chi connectivity index (χ4v) is 3.79. The van der Waals surface area contributed by atoms with E-state index in [0.29, 0.717) is 12.8 Å². The van der Waals surface area contributed by atoms with Gasteiger partial charge in [-0.2, -0.15) is 0 Å². The van der Waals surface area contributed by atoms with Crippen LogP contribution >= 0.6 is 10.7 Å². The molecule has 0 aromatic heterocycles. The molecular formula is C9H9ClO4S2. The van der Waals surface area contributed by atoms with Gasteiger partial charge < -0.3 is 0 Å². The molecule has 0 atom stereocenters. The van der Waals surface area contributed by atoms with Crippen LogP contribution in [0.1, 0.15) is 12.8 Å². The predicted molar refractivity (Wildman–Crippen MR) is 59.7 cm³/mol. The Morgan fingerprint density at radius 2 is 1.38 bits per heavy atom. The van der Waals surface area contributed by atoms with E-state index in [-0.39, 0.29) is 15.0 Å². The molecule has 0 unspecified atom stereocenters. The number of hydrogen-bond donors (Lipinski definition) is 0. The van der Waals surface area contributed by atoms with Crippen molar-refractivity contribution in [1.29, 1.82) is 0 Å². The van der Waals surface area contributed by atoms with Gasteiger partial charge in [0, 0.05) is 10.7 Å². The molecule has 1 aliphatic rings. The molecular weight excluding hydrogens is 272 g/mol. The molecule has 88 valence electrons. The van der Waals surface area contributed by atoms with Gasteiger partial charge in [0.2, 0.25) is 0 Å². The van der Waals surface area contributed by atoms with E-state index in [1.54, 1.807) is 0 Å². The molecule has 7 heteroatoms. The molecule has 0 saturated heterocycles. The highest BCUT2D eigenvalue weighted by molar-refractivity contribution is 8.13. The van der Waals surface area contributed by atoms with E-state index >= 15 is 0 Å². The van der Waals surface area contributed by atoms with Crippen LogP contribution in [0.3, 0.4) is 0 Å². The number of halogens is 1. The number of hydrogen-bond acceptors (Lipinski definition) is 4. The van der Waals surface area contributed by atoms with Crippen LogP contribution in [0.5, 0.6) is 0 Å². The van der Waals surface area contributed by atoms with Crippen LogP contribution in [-0.4, -0.2) is 22.1 Å². The van der Waals surface area contributed by atoms with Crippen LogP contribution in [-0.2, 0) is 18.9 Å². The van der Waals surface area contributed by atoms with Gasteiger partial charge in [0.05, 0.1) is 15.0 Å². The second kappa shape index (κ2) is 3.72. The number of rotatable bonds is 3. The average molecular weight is 281 g/mol. The van der Waals surface area contributed by atoms with E-state index in [1.807, 2.05) is 0 Å².